The molecule has 0 radical (unpaired) electrons. The zero-order chi connectivity index (χ0) is 21.3. The number of fused-ring (bicyclic) bond motifs is 1. The van der Waals surface area contributed by atoms with E-state index in [4.69, 9.17) is 9.15 Å². The number of Topliss-reactive ketones (excluding diaryl/α,β-unsaturated/α-hetero) is 1. The maximum absolute atomic E-state index is 12.1. The zero-order valence-corrected chi connectivity index (χ0v) is 15.8. The molecule has 4 aromatic rings. The number of benzene rings is 3. The van der Waals surface area contributed by atoms with Crippen molar-refractivity contribution in [2.45, 2.75) is 6.92 Å². The Bertz CT molecular complexity index is 1340. The van der Waals surface area contributed by atoms with Crippen molar-refractivity contribution in [3.8, 4) is 22.6 Å². The highest BCUT2D eigenvalue weighted by atomic mass is 16.6. The first-order valence-corrected chi connectivity index (χ1v) is 9.03. The average molecular weight is 401 g/mol. The molecule has 0 aliphatic rings. The van der Waals surface area contributed by atoms with Crippen LogP contribution in [-0.4, -0.2) is 10.7 Å². The number of rotatable bonds is 5. The van der Waals surface area contributed by atoms with Crippen LogP contribution in [0.3, 0.4) is 0 Å². The summed E-state index contributed by atoms with van der Waals surface area (Å²) in [6, 6.07) is 19.7. The van der Waals surface area contributed by atoms with E-state index in [1.54, 1.807) is 12.1 Å². The van der Waals surface area contributed by atoms with Crippen LogP contribution < -0.4 is 10.4 Å². The molecular formula is C23H15NO6. The summed E-state index contributed by atoms with van der Waals surface area (Å²) in [6.45, 7) is 1.33. The van der Waals surface area contributed by atoms with Gasteiger partial charge in [-0.05, 0) is 42.3 Å². The lowest BCUT2D eigenvalue weighted by Gasteiger charge is -2.09. The van der Waals surface area contributed by atoms with Gasteiger partial charge >= 0.3 is 11.3 Å². The quantitative estimate of drug-likeness (QED) is 0.193. The van der Waals surface area contributed by atoms with Crippen molar-refractivity contribution in [1.82, 2.24) is 0 Å². The zero-order valence-electron chi connectivity index (χ0n) is 15.8. The molecular weight excluding hydrogens is 386 g/mol. The maximum Gasteiger partial charge on any atom is 0.336 e. The van der Waals surface area contributed by atoms with Gasteiger partial charge in [-0.3, -0.25) is 14.9 Å². The normalized spacial score (nSPS) is 10.7. The van der Waals surface area contributed by atoms with E-state index in [9.17, 15) is 19.7 Å². The summed E-state index contributed by atoms with van der Waals surface area (Å²) in [5.74, 6) is -0.0500. The van der Waals surface area contributed by atoms with E-state index >= 15 is 0 Å². The van der Waals surface area contributed by atoms with Gasteiger partial charge in [-0.25, -0.2) is 4.79 Å². The van der Waals surface area contributed by atoms with Gasteiger partial charge in [0, 0.05) is 29.1 Å². The fourth-order valence-corrected chi connectivity index (χ4v) is 3.16. The summed E-state index contributed by atoms with van der Waals surface area (Å²) in [6.07, 6.45) is 0. The van der Waals surface area contributed by atoms with Crippen molar-refractivity contribution in [3.63, 3.8) is 0 Å². The molecule has 0 atom stereocenters. The van der Waals surface area contributed by atoms with Gasteiger partial charge in [0.15, 0.2) is 5.78 Å². The lowest BCUT2D eigenvalue weighted by atomic mass is 10.0. The minimum Gasteiger partial charge on any atom is -0.450 e. The number of nitro benzene ring substituents is 1. The molecule has 3 aromatic carbocycles. The molecule has 4 rings (SSSR count). The molecule has 0 saturated heterocycles. The first kappa shape index (κ1) is 19.1. The Morgan fingerprint density at radius 3 is 2.47 bits per heavy atom. The molecule has 0 spiro atoms. The highest BCUT2D eigenvalue weighted by Crippen LogP contribution is 2.35. The van der Waals surface area contributed by atoms with Gasteiger partial charge in [0.25, 0.3) is 0 Å². The van der Waals surface area contributed by atoms with Gasteiger partial charge in [0.2, 0.25) is 5.75 Å². The smallest absolute Gasteiger partial charge is 0.336 e. The van der Waals surface area contributed by atoms with Crippen LogP contribution in [0, 0.1) is 10.1 Å². The molecule has 0 bridgehead atoms. The molecule has 7 heteroatoms. The number of carbonyl (C=O) groups excluding carboxylic acids is 1. The van der Waals surface area contributed by atoms with E-state index in [-0.39, 0.29) is 28.5 Å². The van der Waals surface area contributed by atoms with Crippen molar-refractivity contribution in [2.24, 2.45) is 0 Å². The van der Waals surface area contributed by atoms with Crippen molar-refractivity contribution >= 4 is 22.4 Å². The molecule has 0 amide bonds. The molecule has 0 unspecified atom stereocenters. The van der Waals surface area contributed by atoms with Gasteiger partial charge in [-0.1, -0.05) is 30.3 Å². The second-order valence-corrected chi connectivity index (χ2v) is 6.60. The van der Waals surface area contributed by atoms with E-state index < -0.39 is 10.5 Å². The van der Waals surface area contributed by atoms with E-state index in [1.807, 2.05) is 30.3 Å². The summed E-state index contributed by atoms with van der Waals surface area (Å²) in [7, 11) is 0. The Hall–Kier alpha value is -4.26. The van der Waals surface area contributed by atoms with E-state index in [0.717, 1.165) is 5.56 Å². The number of hydrogen-bond acceptors (Lipinski definition) is 6. The van der Waals surface area contributed by atoms with Gasteiger partial charge in [-0.2, -0.15) is 0 Å². The van der Waals surface area contributed by atoms with E-state index in [0.29, 0.717) is 16.5 Å². The fraction of sp³-hybridized carbons (Fsp3) is 0.0435. The molecule has 0 aliphatic heterocycles. The van der Waals surface area contributed by atoms with Gasteiger partial charge in [0.05, 0.1) is 4.92 Å². The highest BCUT2D eigenvalue weighted by Gasteiger charge is 2.19. The minimum atomic E-state index is -0.615. The second kappa shape index (κ2) is 7.63. The Balaban J connectivity index is 1.78. The highest BCUT2D eigenvalue weighted by molar-refractivity contribution is 5.95. The van der Waals surface area contributed by atoms with Crippen LogP contribution in [0.15, 0.2) is 82.0 Å². The maximum atomic E-state index is 12.1. The third-order valence-electron chi connectivity index (χ3n) is 4.59. The molecule has 0 saturated carbocycles. The molecule has 1 aromatic heterocycles. The molecule has 0 fully saturated rings. The Morgan fingerprint density at radius 2 is 1.77 bits per heavy atom. The van der Waals surface area contributed by atoms with Crippen molar-refractivity contribution in [2.75, 3.05) is 0 Å². The van der Waals surface area contributed by atoms with Crippen LogP contribution in [-0.2, 0) is 0 Å². The van der Waals surface area contributed by atoms with Crippen molar-refractivity contribution < 1.29 is 18.9 Å². The SMILES string of the molecule is CC(=O)c1ccc(Oc2ccc3c(-c4ccccc4)cc(=O)oc3c2)c([N+](=O)[O-])c1. The lowest BCUT2D eigenvalue weighted by Crippen LogP contribution is -1.99. The summed E-state index contributed by atoms with van der Waals surface area (Å²) in [4.78, 5) is 34.4. The van der Waals surface area contributed by atoms with Crippen molar-refractivity contribution in [1.29, 1.82) is 0 Å². The van der Waals surface area contributed by atoms with Gasteiger partial charge < -0.3 is 9.15 Å². The van der Waals surface area contributed by atoms with Crippen LogP contribution in [0.5, 0.6) is 11.5 Å². The van der Waals surface area contributed by atoms with Crippen LogP contribution in [0.4, 0.5) is 5.69 Å². The third-order valence-corrected chi connectivity index (χ3v) is 4.59. The molecule has 7 nitrogen and oxygen atoms in total. The number of hydrogen-bond donors (Lipinski definition) is 0. The Morgan fingerprint density at radius 1 is 1.00 bits per heavy atom. The topological polar surface area (TPSA) is 99.7 Å². The molecule has 30 heavy (non-hydrogen) atoms. The summed E-state index contributed by atoms with van der Waals surface area (Å²) < 4.78 is 11.0. The van der Waals surface area contributed by atoms with Crippen LogP contribution in [0.25, 0.3) is 22.1 Å². The van der Waals surface area contributed by atoms with Gasteiger partial charge in [-0.15, -0.1) is 0 Å². The van der Waals surface area contributed by atoms with Crippen LogP contribution in [0.2, 0.25) is 0 Å². The second-order valence-electron chi connectivity index (χ2n) is 6.60. The lowest BCUT2D eigenvalue weighted by molar-refractivity contribution is -0.385. The van der Waals surface area contributed by atoms with Crippen LogP contribution in [0.1, 0.15) is 17.3 Å². The minimum absolute atomic E-state index is 0.0223. The fourth-order valence-electron chi connectivity index (χ4n) is 3.16. The number of ketones is 1. The predicted molar refractivity (Wildman–Crippen MR) is 111 cm³/mol. The molecule has 0 N–H and O–H groups in total. The molecule has 1 heterocycles. The first-order valence-electron chi connectivity index (χ1n) is 9.03. The number of nitro groups is 1. The third kappa shape index (κ3) is 3.68. The largest absolute Gasteiger partial charge is 0.450 e. The number of ether oxygens (including phenoxy) is 1. The van der Waals surface area contributed by atoms with E-state index in [1.165, 1.54) is 37.3 Å². The first-order chi connectivity index (χ1) is 14.4. The average Bonchev–Trinajstić information content (AvgIpc) is 2.73. The van der Waals surface area contributed by atoms with Crippen LogP contribution >= 0.6 is 0 Å². The van der Waals surface area contributed by atoms with Gasteiger partial charge in [0.1, 0.15) is 11.3 Å². The molecule has 0 aliphatic carbocycles. The number of nitrogens with zero attached hydrogens (tertiary/aromatic N) is 1. The summed E-state index contributed by atoms with van der Waals surface area (Å²) in [5.41, 5.74) is 1.23. The molecule has 148 valence electrons. The van der Waals surface area contributed by atoms with E-state index in [2.05, 4.69) is 0 Å². The monoisotopic (exact) mass is 401 g/mol. The number of carbonyl (C=O) groups is 1. The Kier molecular flexibility index (Phi) is 4.85. The standard InChI is InChI=1S/C23H15NO6/c1-14(25)16-7-10-21(20(11-16)24(27)28)29-17-8-9-18-19(15-5-3-2-4-6-15)13-23(26)30-22(18)12-17/h2-13H,1H3. The van der Waals surface area contributed by atoms with Crippen molar-refractivity contribution in [3.05, 3.63) is 98.9 Å². The predicted octanol–water partition coefficient (Wildman–Crippen LogP) is 5.36. The summed E-state index contributed by atoms with van der Waals surface area (Å²) >= 11 is 0. The summed E-state index contributed by atoms with van der Waals surface area (Å²) in [5, 5.41) is 12.1. The Labute approximate surface area is 170 Å².